The minimum Gasteiger partial charge on any atom is -0.451 e. The van der Waals surface area contributed by atoms with Crippen molar-refractivity contribution >= 4 is 32.6 Å². The van der Waals surface area contributed by atoms with Gasteiger partial charge < -0.3 is 9.73 Å². The molecule has 7 heteroatoms. The quantitative estimate of drug-likeness (QED) is 0.547. The van der Waals surface area contributed by atoms with Crippen LogP contribution in [0.1, 0.15) is 59.9 Å². The Balaban J connectivity index is 1.54. The Morgan fingerprint density at radius 3 is 2.47 bits per heavy atom. The van der Waals surface area contributed by atoms with Gasteiger partial charge in [-0.15, -0.1) is 0 Å². The number of fused-ring (bicyclic) bond motifs is 1. The Kier molecular flexibility index (Phi) is 6.14. The summed E-state index contributed by atoms with van der Waals surface area (Å²) in [4.78, 5) is 13.1. The van der Waals surface area contributed by atoms with E-state index < -0.39 is 10.0 Å². The SMILES string of the molecule is CCC1CCCCN1S(=O)(=O)c1ccc(NC(=O)c2oc3cc(C)c(C)cc3c2C)cc1. The van der Waals surface area contributed by atoms with E-state index in [1.807, 2.05) is 39.8 Å². The van der Waals surface area contributed by atoms with Gasteiger partial charge in [0.25, 0.3) is 5.91 Å². The number of rotatable bonds is 5. The number of furan rings is 1. The molecule has 1 unspecified atom stereocenters. The van der Waals surface area contributed by atoms with Crippen molar-refractivity contribution in [3.05, 3.63) is 58.8 Å². The van der Waals surface area contributed by atoms with E-state index in [-0.39, 0.29) is 22.6 Å². The van der Waals surface area contributed by atoms with Crippen molar-refractivity contribution in [1.29, 1.82) is 0 Å². The van der Waals surface area contributed by atoms with Crippen LogP contribution in [0.2, 0.25) is 0 Å². The molecule has 0 bridgehead atoms. The van der Waals surface area contributed by atoms with Gasteiger partial charge >= 0.3 is 0 Å². The van der Waals surface area contributed by atoms with Crippen LogP contribution in [0.4, 0.5) is 5.69 Å². The number of nitrogens with zero attached hydrogens (tertiary/aromatic N) is 1. The molecule has 170 valence electrons. The van der Waals surface area contributed by atoms with Gasteiger partial charge in [0.2, 0.25) is 10.0 Å². The molecule has 2 aromatic carbocycles. The van der Waals surface area contributed by atoms with Gasteiger partial charge in [0.1, 0.15) is 5.58 Å². The van der Waals surface area contributed by atoms with Gasteiger partial charge in [-0.1, -0.05) is 13.3 Å². The molecule has 1 aliphatic rings. The van der Waals surface area contributed by atoms with Crippen LogP contribution < -0.4 is 5.32 Å². The summed E-state index contributed by atoms with van der Waals surface area (Å²) in [6.45, 7) is 8.50. The van der Waals surface area contributed by atoms with Crippen LogP contribution in [-0.4, -0.2) is 31.2 Å². The Morgan fingerprint density at radius 2 is 1.78 bits per heavy atom. The van der Waals surface area contributed by atoms with Gasteiger partial charge in [-0.2, -0.15) is 4.31 Å². The molecular formula is C25H30N2O4S. The summed E-state index contributed by atoms with van der Waals surface area (Å²) in [6, 6.07) is 10.4. The number of sulfonamides is 1. The van der Waals surface area contributed by atoms with Crippen LogP contribution in [0.25, 0.3) is 11.0 Å². The molecule has 1 atom stereocenters. The van der Waals surface area contributed by atoms with Gasteiger partial charge in [-0.3, -0.25) is 4.79 Å². The van der Waals surface area contributed by atoms with Crippen LogP contribution >= 0.6 is 0 Å². The number of hydrogen-bond acceptors (Lipinski definition) is 4. The van der Waals surface area contributed by atoms with E-state index in [1.165, 1.54) is 0 Å². The molecule has 3 aromatic rings. The first-order chi connectivity index (χ1) is 15.2. The lowest BCUT2D eigenvalue weighted by molar-refractivity contribution is 0.0998. The van der Waals surface area contributed by atoms with Crippen LogP contribution in [0.15, 0.2) is 45.7 Å². The van der Waals surface area contributed by atoms with Crippen LogP contribution in [0.3, 0.4) is 0 Å². The summed E-state index contributed by atoms with van der Waals surface area (Å²) < 4.78 is 33.7. The van der Waals surface area contributed by atoms with E-state index in [2.05, 4.69) is 5.32 Å². The van der Waals surface area contributed by atoms with Crippen molar-refractivity contribution in [3.63, 3.8) is 0 Å². The van der Waals surface area contributed by atoms with Crippen molar-refractivity contribution in [3.8, 4) is 0 Å². The predicted octanol–water partition coefficient (Wildman–Crippen LogP) is 5.56. The van der Waals surface area contributed by atoms with E-state index in [0.717, 1.165) is 47.8 Å². The standard InChI is InChI=1S/C25H30N2O4S/c1-5-20-8-6-7-13-27(20)32(29,30)21-11-9-19(10-12-21)26-25(28)24-18(4)22-14-16(2)17(3)15-23(22)31-24/h9-12,14-15,20H,5-8,13H2,1-4H3,(H,26,28). The van der Waals surface area contributed by atoms with Gasteiger partial charge in [0.15, 0.2) is 5.76 Å². The third-order valence-corrected chi connectivity index (χ3v) is 8.49. The largest absolute Gasteiger partial charge is 0.451 e. The molecule has 2 heterocycles. The highest BCUT2D eigenvalue weighted by molar-refractivity contribution is 7.89. The molecule has 1 aromatic heterocycles. The molecule has 32 heavy (non-hydrogen) atoms. The number of anilines is 1. The van der Waals surface area contributed by atoms with Crippen molar-refractivity contribution < 1.29 is 17.6 Å². The third kappa shape index (κ3) is 4.07. The Labute approximate surface area is 189 Å². The Bertz CT molecular complexity index is 1260. The van der Waals surface area contributed by atoms with Crippen LogP contribution in [-0.2, 0) is 10.0 Å². The molecule has 0 saturated carbocycles. The van der Waals surface area contributed by atoms with Crippen molar-refractivity contribution in [2.75, 3.05) is 11.9 Å². The zero-order valence-electron chi connectivity index (χ0n) is 19.1. The Morgan fingerprint density at radius 1 is 1.09 bits per heavy atom. The second-order valence-electron chi connectivity index (χ2n) is 8.64. The lowest BCUT2D eigenvalue weighted by Crippen LogP contribution is -2.43. The van der Waals surface area contributed by atoms with E-state index in [4.69, 9.17) is 4.42 Å². The van der Waals surface area contributed by atoms with Gasteiger partial charge in [-0.25, -0.2) is 8.42 Å². The fourth-order valence-corrected chi connectivity index (χ4v) is 6.19. The van der Waals surface area contributed by atoms with Gasteiger partial charge in [0, 0.05) is 29.2 Å². The Hall–Kier alpha value is -2.64. The monoisotopic (exact) mass is 454 g/mol. The second-order valence-corrected chi connectivity index (χ2v) is 10.5. The molecule has 1 aliphatic heterocycles. The lowest BCUT2D eigenvalue weighted by atomic mass is 10.0. The maximum atomic E-state index is 13.1. The normalized spacial score (nSPS) is 17.6. The molecule has 0 radical (unpaired) electrons. The van der Waals surface area contributed by atoms with E-state index in [0.29, 0.717) is 17.8 Å². The van der Waals surface area contributed by atoms with E-state index in [1.54, 1.807) is 28.6 Å². The molecule has 6 nitrogen and oxygen atoms in total. The highest BCUT2D eigenvalue weighted by Gasteiger charge is 2.32. The first kappa shape index (κ1) is 22.6. The molecule has 1 fully saturated rings. The molecule has 1 saturated heterocycles. The van der Waals surface area contributed by atoms with Gasteiger partial charge in [0.05, 0.1) is 4.90 Å². The first-order valence-electron chi connectivity index (χ1n) is 11.2. The number of amides is 1. The average molecular weight is 455 g/mol. The topological polar surface area (TPSA) is 79.6 Å². The molecule has 0 spiro atoms. The highest BCUT2D eigenvalue weighted by Crippen LogP contribution is 2.30. The summed E-state index contributed by atoms with van der Waals surface area (Å²) in [5.74, 6) is -0.0903. The highest BCUT2D eigenvalue weighted by atomic mass is 32.2. The first-order valence-corrected chi connectivity index (χ1v) is 12.6. The summed E-state index contributed by atoms with van der Waals surface area (Å²) in [7, 11) is -3.55. The van der Waals surface area contributed by atoms with E-state index in [9.17, 15) is 13.2 Å². The maximum Gasteiger partial charge on any atom is 0.291 e. The molecule has 1 N–H and O–H groups in total. The summed E-state index contributed by atoms with van der Waals surface area (Å²) >= 11 is 0. The minimum absolute atomic E-state index is 0.0523. The van der Waals surface area contributed by atoms with Crippen molar-refractivity contribution in [1.82, 2.24) is 4.31 Å². The zero-order chi connectivity index (χ0) is 23.0. The average Bonchev–Trinajstić information content (AvgIpc) is 3.10. The molecule has 4 rings (SSSR count). The number of carbonyl (C=O) groups is 1. The number of carbonyl (C=O) groups excluding carboxylic acids is 1. The number of aryl methyl sites for hydroxylation is 3. The summed E-state index contributed by atoms with van der Waals surface area (Å²) in [5, 5.41) is 3.75. The third-order valence-electron chi connectivity index (χ3n) is 6.52. The number of hydrogen-bond donors (Lipinski definition) is 1. The zero-order valence-corrected chi connectivity index (χ0v) is 19.9. The molecule has 0 aliphatic carbocycles. The van der Waals surface area contributed by atoms with E-state index >= 15 is 0 Å². The predicted molar refractivity (Wildman–Crippen MR) is 127 cm³/mol. The van der Waals surface area contributed by atoms with Gasteiger partial charge in [-0.05, 0) is 87.6 Å². The molecular weight excluding hydrogens is 424 g/mol. The number of piperidine rings is 1. The fourth-order valence-electron chi connectivity index (χ4n) is 4.42. The fraction of sp³-hybridized carbons (Fsp3) is 0.400. The maximum absolute atomic E-state index is 13.1. The minimum atomic E-state index is -3.55. The van der Waals surface area contributed by atoms with Crippen molar-refractivity contribution in [2.45, 2.75) is 64.3 Å². The summed E-state index contributed by atoms with van der Waals surface area (Å²) in [5.41, 5.74) is 4.24. The van der Waals surface area contributed by atoms with Crippen LogP contribution in [0.5, 0.6) is 0 Å². The second kappa shape index (κ2) is 8.71. The van der Waals surface area contributed by atoms with Crippen LogP contribution in [0, 0.1) is 20.8 Å². The smallest absolute Gasteiger partial charge is 0.291 e. The summed E-state index contributed by atoms with van der Waals surface area (Å²) in [6.07, 6.45) is 3.67. The lowest BCUT2D eigenvalue weighted by Gasteiger charge is -2.34. The van der Waals surface area contributed by atoms with Crippen molar-refractivity contribution in [2.24, 2.45) is 0 Å². The molecule has 1 amide bonds. The number of benzene rings is 2. The number of nitrogens with one attached hydrogen (secondary N) is 1.